The average Bonchev–Trinajstić information content (AvgIpc) is 3.01. The van der Waals surface area contributed by atoms with Gasteiger partial charge in [0, 0.05) is 38.7 Å². The second-order valence-electron chi connectivity index (χ2n) is 11.1. The van der Waals surface area contributed by atoms with Crippen molar-refractivity contribution in [3.63, 3.8) is 0 Å². The number of carbonyl (C=O) groups is 3. The number of carboxylic acids is 1. The Balaban J connectivity index is 1.25. The lowest BCUT2D eigenvalue weighted by Gasteiger charge is -2.36. The Morgan fingerprint density at radius 1 is 1.00 bits per heavy atom. The molecular formula is C32H42Cl2N4O6. The van der Waals surface area contributed by atoms with Crippen LogP contribution in [0.3, 0.4) is 0 Å². The zero-order valence-corrected chi connectivity index (χ0v) is 26.7. The summed E-state index contributed by atoms with van der Waals surface area (Å²) in [5, 5.41) is 14.0. The van der Waals surface area contributed by atoms with Crippen LogP contribution in [-0.4, -0.2) is 86.5 Å². The molecule has 1 fully saturated rings. The Hall–Kier alpha value is -3.05. The second kappa shape index (κ2) is 16.9. The van der Waals surface area contributed by atoms with Crippen LogP contribution in [0.5, 0.6) is 5.75 Å². The van der Waals surface area contributed by atoms with Crippen molar-refractivity contribution in [3.05, 3.63) is 52.0 Å². The van der Waals surface area contributed by atoms with Crippen LogP contribution in [0.4, 0.5) is 11.4 Å². The molecule has 2 aromatic rings. The number of fused-ring (bicyclic) bond motifs is 1. The number of unbranched alkanes of at least 4 members (excludes halogenated alkanes) is 3. The van der Waals surface area contributed by atoms with E-state index in [9.17, 15) is 19.5 Å². The van der Waals surface area contributed by atoms with E-state index in [4.69, 9.17) is 32.7 Å². The van der Waals surface area contributed by atoms with E-state index < -0.39 is 24.1 Å². The minimum atomic E-state index is -1.75. The highest BCUT2D eigenvalue weighted by Crippen LogP contribution is 2.34. The minimum absolute atomic E-state index is 0.128. The summed E-state index contributed by atoms with van der Waals surface area (Å²) < 4.78 is 11.3. The number of anilines is 2. The fraction of sp³-hybridized carbons (Fsp3) is 0.531. The summed E-state index contributed by atoms with van der Waals surface area (Å²) >= 11 is 12.6. The van der Waals surface area contributed by atoms with Gasteiger partial charge in [-0.25, -0.2) is 4.79 Å². The molecule has 240 valence electrons. The van der Waals surface area contributed by atoms with Gasteiger partial charge in [-0.05, 0) is 62.5 Å². The molecule has 2 N–H and O–H groups in total. The zero-order chi connectivity index (χ0) is 31.5. The third-order valence-electron chi connectivity index (χ3n) is 7.89. The Bertz CT molecular complexity index is 1290. The fourth-order valence-corrected chi connectivity index (χ4v) is 5.88. The maximum Gasteiger partial charge on any atom is 0.367 e. The summed E-state index contributed by atoms with van der Waals surface area (Å²) in [6.07, 6.45) is 3.63. The number of piperazine rings is 1. The number of rotatable bonds is 16. The molecule has 12 heteroatoms. The summed E-state index contributed by atoms with van der Waals surface area (Å²) in [6, 6.07) is 11.0. The van der Waals surface area contributed by atoms with Crippen LogP contribution in [0.2, 0.25) is 10.0 Å². The van der Waals surface area contributed by atoms with Crippen LogP contribution in [-0.2, 0) is 25.5 Å². The fourth-order valence-electron chi connectivity index (χ4n) is 5.47. The highest BCUT2D eigenvalue weighted by Gasteiger charge is 2.38. The molecule has 4 rings (SSSR count). The van der Waals surface area contributed by atoms with Gasteiger partial charge < -0.3 is 24.8 Å². The van der Waals surface area contributed by atoms with E-state index in [0.717, 1.165) is 81.0 Å². The summed E-state index contributed by atoms with van der Waals surface area (Å²) in [5.74, 6) is -2.02. The number of amides is 1. The number of benzene rings is 2. The Morgan fingerprint density at radius 2 is 1.80 bits per heavy atom. The summed E-state index contributed by atoms with van der Waals surface area (Å²) in [6.45, 7) is 7.64. The second-order valence-corrected chi connectivity index (χ2v) is 11.9. The lowest BCUT2D eigenvalue weighted by Crippen LogP contribution is -2.50. The van der Waals surface area contributed by atoms with Gasteiger partial charge in [-0.1, -0.05) is 55.1 Å². The van der Waals surface area contributed by atoms with E-state index in [-0.39, 0.29) is 13.0 Å². The smallest absolute Gasteiger partial charge is 0.367 e. The van der Waals surface area contributed by atoms with Gasteiger partial charge in [-0.2, -0.15) is 0 Å². The van der Waals surface area contributed by atoms with Crippen molar-refractivity contribution in [2.24, 2.45) is 0 Å². The van der Waals surface area contributed by atoms with Crippen LogP contribution >= 0.6 is 23.2 Å². The van der Waals surface area contributed by atoms with Crippen LogP contribution < -0.4 is 19.9 Å². The van der Waals surface area contributed by atoms with Crippen LogP contribution in [0.15, 0.2) is 36.4 Å². The summed E-state index contributed by atoms with van der Waals surface area (Å²) in [5.41, 5.74) is 2.17. The van der Waals surface area contributed by atoms with E-state index in [1.165, 1.54) is 0 Å². The summed E-state index contributed by atoms with van der Waals surface area (Å²) in [7, 11) is 0. The number of nitrogens with one attached hydrogen (secondary N) is 1. The zero-order valence-electron chi connectivity index (χ0n) is 25.2. The van der Waals surface area contributed by atoms with Crippen molar-refractivity contribution in [2.45, 2.75) is 58.1 Å². The van der Waals surface area contributed by atoms with Gasteiger partial charge in [-0.3, -0.25) is 19.4 Å². The number of esters is 1. The molecule has 2 aromatic carbocycles. The lowest BCUT2D eigenvalue weighted by atomic mass is 10.0. The van der Waals surface area contributed by atoms with Crippen molar-refractivity contribution in [1.82, 2.24) is 10.2 Å². The normalized spacial score (nSPS) is 16.0. The highest BCUT2D eigenvalue weighted by molar-refractivity contribution is 6.43. The molecule has 0 spiro atoms. The van der Waals surface area contributed by atoms with Gasteiger partial charge in [0.1, 0.15) is 5.75 Å². The molecule has 1 saturated heterocycles. The Morgan fingerprint density at radius 3 is 2.55 bits per heavy atom. The first-order valence-corrected chi connectivity index (χ1v) is 16.2. The molecule has 0 aromatic heterocycles. The monoisotopic (exact) mass is 648 g/mol. The third-order valence-corrected chi connectivity index (χ3v) is 8.70. The Kier molecular flexibility index (Phi) is 13.0. The van der Waals surface area contributed by atoms with Gasteiger partial charge in [0.25, 0.3) is 6.23 Å². The van der Waals surface area contributed by atoms with Gasteiger partial charge in [0.2, 0.25) is 5.91 Å². The molecule has 0 saturated carbocycles. The standard InChI is InChI=1S/C32H42Cl2N4O6/c1-2-3-4-14-35-22-29(40)44-31(32(41)42)38-27-21-24(12-10-23(27)11-13-28(38)39)43-20-6-5-15-36-16-18-37(19-17-36)26-9-7-8-25(33)30(26)34/h7-10,12,21,31,35H,2-6,11,13-20,22H2,1H3,(H,41,42). The van der Waals surface area contributed by atoms with Crippen molar-refractivity contribution in [3.8, 4) is 5.75 Å². The first kappa shape index (κ1) is 33.8. The molecule has 2 heterocycles. The molecule has 0 bridgehead atoms. The number of nitrogens with zero attached hydrogens (tertiary/aromatic N) is 3. The SMILES string of the molecule is CCCCCNCC(=O)OC(C(=O)O)N1C(=O)CCc2ccc(OCCCCN3CCN(c4cccc(Cl)c4Cl)CC3)cc21. The van der Waals surface area contributed by atoms with Crippen molar-refractivity contribution in [2.75, 3.05) is 62.2 Å². The highest BCUT2D eigenvalue weighted by atomic mass is 35.5. The minimum Gasteiger partial charge on any atom is -0.494 e. The Labute approximate surface area is 269 Å². The maximum absolute atomic E-state index is 12.9. The molecule has 2 aliphatic heterocycles. The number of hydrogen-bond acceptors (Lipinski definition) is 8. The number of carboxylic acid groups (broad SMARTS) is 1. The molecule has 2 aliphatic rings. The van der Waals surface area contributed by atoms with Crippen LogP contribution in [0.1, 0.15) is 51.0 Å². The van der Waals surface area contributed by atoms with E-state index >= 15 is 0 Å². The topological polar surface area (TPSA) is 112 Å². The number of ether oxygens (including phenoxy) is 2. The van der Waals surface area contributed by atoms with E-state index in [0.29, 0.717) is 41.1 Å². The van der Waals surface area contributed by atoms with Crippen molar-refractivity contribution >= 4 is 52.4 Å². The summed E-state index contributed by atoms with van der Waals surface area (Å²) in [4.78, 5) is 43.2. The van der Waals surface area contributed by atoms with Crippen LogP contribution in [0.25, 0.3) is 0 Å². The van der Waals surface area contributed by atoms with Gasteiger partial charge in [0.15, 0.2) is 0 Å². The third kappa shape index (κ3) is 9.23. The lowest BCUT2D eigenvalue weighted by molar-refractivity contribution is -0.164. The number of halogens is 2. The number of aryl methyl sites for hydroxylation is 1. The molecule has 1 unspecified atom stereocenters. The molecule has 1 atom stereocenters. The number of carbonyl (C=O) groups excluding carboxylic acids is 2. The predicted octanol–water partition coefficient (Wildman–Crippen LogP) is 4.99. The predicted molar refractivity (Wildman–Crippen MR) is 172 cm³/mol. The van der Waals surface area contributed by atoms with Gasteiger partial charge >= 0.3 is 11.9 Å². The number of hydrogen-bond donors (Lipinski definition) is 2. The van der Waals surface area contributed by atoms with E-state index in [1.807, 2.05) is 24.3 Å². The average molecular weight is 650 g/mol. The van der Waals surface area contributed by atoms with Crippen molar-refractivity contribution in [1.29, 1.82) is 0 Å². The van der Waals surface area contributed by atoms with Crippen molar-refractivity contribution < 1.29 is 29.0 Å². The number of aliphatic carboxylic acids is 1. The van der Waals surface area contributed by atoms with Crippen LogP contribution in [0, 0.1) is 0 Å². The molecule has 44 heavy (non-hydrogen) atoms. The molecule has 0 aliphatic carbocycles. The first-order chi connectivity index (χ1) is 21.3. The largest absolute Gasteiger partial charge is 0.494 e. The maximum atomic E-state index is 12.9. The van der Waals surface area contributed by atoms with E-state index in [1.54, 1.807) is 12.1 Å². The molecule has 0 radical (unpaired) electrons. The molecule has 10 nitrogen and oxygen atoms in total. The van der Waals surface area contributed by atoms with Gasteiger partial charge in [0.05, 0.1) is 34.6 Å². The quantitative estimate of drug-likeness (QED) is 0.192. The first-order valence-electron chi connectivity index (χ1n) is 15.4. The van der Waals surface area contributed by atoms with Gasteiger partial charge in [-0.15, -0.1) is 0 Å². The molecular weight excluding hydrogens is 607 g/mol. The van der Waals surface area contributed by atoms with E-state index in [2.05, 4.69) is 22.0 Å². The molecule has 1 amide bonds.